The number of nitrogens with zero attached hydrogens (tertiary/aromatic N) is 2. The Morgan fingerprint density at radius 2 is 2.00 bits per heavy atom. The molecule has 0 bridgehead atoms. The maximum Gasteiger partial charge on any atom is 0.268 e. The lowest BCUT2D eigenvalue weighted by atomic mass is 9.90. The Morgan fingerprint density at radius 3 is 2.50 bits per heavy atom. The topological polar surface area (TPSA) is 71.8 Å². The zero-order valence-electron chi connectivity index (χ0n) is 11.4. The maximum atomic E-state index is 12.2. The summed E-state index contributed by atoms with van der Waals surface area (Å²) in [4.78, 5) is 12.2. The number of pyridine rings is 1. The molecule has 0 aliphatic carbocycles. The molecular weight excluding hydrogens is 226 g/mol. The van der Waals surface area contributed by atoms with Gasteiger partial charge >= 0.3 is 0 Å². The van der Waals surface area contributed by atoms with Crippen LogP contribution in [0.3, 0.4) is 0 Å². The highest BCUT2D eigenvalue weighted by Crippen LogP contribution is 2.21. The summed E-state index contributed by atoms with van der Waals surface area (Å²) in [5.74, 6) is 0. The Labute approximate surface area is 108 Å². The summed E-state index contributed by atoms with van der Waals surface area (Å²) in [6, 6.07) is 5.44. The van der Waals surface area contributed by atoms with Crippen LogP contribution < -0.4 is 11.3 Å². The molecule has 0 fully saturated rings. The standard InChI is InChI=1S/C14H21N3O/c1-14(2,3)12-7-6-11(10-16)13(18)17(12)9-5-4-8-15/h6-7H,4-5,8-9,15H2,1-3H3. The van der Waals surface area contributed by atoms with Crippen molar-refractivity contribution >= 4 is 0 Å². The lowest BCUT2D eigenvalue weighted by molar-refractivity contribution is 0.486. The number of aromatic nitrogens is 1. The fourth-order valence-corrected chi connectivity index (χ4v) is 1.95. The Bertz CT molecular complexity index is 503. The van der Waals surface area contributed by atoms with E-state index in [2.05, 4.69) is 20.8 Å². The van der Waals surface area contributed by atoms with Gasteiger partial charge in [-0.3, -0.25) is 4.79 Å². The van der Waals surface area contributed by atoms with Gasteiger partial charge in [0.1, 0.15) is 11.6 Å². The molecule has 0 unspecified atom stereocenters. The van der Waals surface area contributed by atoms with Crippen molar-refractivity contribution in [2.24, 2.45) is 5.73 Å². The van der Waals surface area contributed by atoms with Gasteiger partial charge in [-0.05, 0) is 31.5 Å². The number of nitrogens with two attached hydrogens (primary N) is 1. The van der Waals surface area contributed by atoms with Crippen LogP contribution in [0.1, 0.15) is 44.9 Å². The Balaban J connectivity index is 3.24. The molecule has 1 aromatic rings. The highest BCUT2D eigenvalue weighted by molar-refractivity contribution is 5.29. The summed E-state index contributed by atoms with van der Waals surface area (Å²) in [6.45, 7) is 7.43. The summed E-state index contributed by atoms with van der Waals surface area (Å²) in [5, 5.41) is 8.92. The summed E-state index contributed by atoms with van der Waals surface area (Å²) in [7, 11) is 0. The van der Waals surface area contributed by atoms with Crippen molar-refractivity contribution in [1.82, 2.24) is 4.57 Å². The first-order chi connectivity index (χ1) is 8.41. The lowest BCUT2D eigenvalue weighted by Gasteiger charge is -2.24. The van der Waals surface area contributed by atoms with Crippen LogP contribution in [0.25, 0.3) is 0 Å². The predicted octanol–water partition coefficient (Wildman–Crippen LogP) is 1.76. The molecule has 98 valence electrons. The molecule has 0 radical (unpaired) electrons. The summed E-state index contributed by atoms with van der Waals surface area (Å²) in [6.07, 6.45) is 1.74. The number of hydrogen-bond donors (Lipinski definition) is 1. The Hall–Kier alpha value is -1.60. The predicted molar refractivity (Wildman–Crippen MR) is 72.4 cm³/mol. The quantitative estimate of drug-likeness (QED) is 0.824. The average molecular weight is 247 g/mol. The van der Waals surface area contributed by atoms with Crippen LogP contribution in [0.5, 0.6) is 0 Å². The summed E-state index contributed by atoms with van der Waals surface area (Å²) in [5.41, 5.74) is 6.33. The number of nitriles is 1. The monoisotopic (exact) mass is 247 g/mol. The molecule has 0 saturated heterocycles. The van der Waals surface area contributed by atoms with Crippen LogP contribution in [-0.4, -0.2) is 11.1 Å². The molecule has 0 atom stereocenters. The minimum absolute atomic E-state index is 0.115. The molecule has 1 heterocycles. The van der Waals surface area contributed by atoms with E-state index in [-0.39, 0.29) is 16.5 Å². The third kappa shape index (κ3) is 3.21. The highest BCUT2D eigenvalue weighted by atomic mass is 16.1. The maximum absolute atomic E-state index is 12.2. The number of unbranched alkanes of at least 4 members (excludes halogenated alkanes) is 1. The van der Waals surface area contributed by atoms with E-state index in [1.54, 1.807) is 10.6 Å². The van der Waals surface area contributed by atoms with Gasteiger partial charge in [0.15, 0.2) is 0 Å². The molecular formula is C14H21N3O. The van der Waals surface area contributed by atoms with Crippen molar-refractivity contribution in [3.05, 3.63) is 33.7 Å². The fraction of sp³-hybridized carbons (Fsp3) is 0.571. The minimum Gasteiger partial charge on any atom is -0.330 e. The zero-order chi connectivity index (χ0) is 13.8. The van der Waals surface area contributed by atoms with Gasteiger partial charge < -0.3 is 10.3 Å². The van der Waals surface area contributed by atoms with Crippen molar-refractivity contribution < 1.29 is 0 Å². The van der Waals surface area contributed by atoms with Crippen molar-refractivity contribution in [2.75, 3.05) is 6.54 Å². The molecule has 1 rings (SSSR count). The third-order valence-corrected chi connectivity index (χ3v) is 2.90. The molecule has 0 aromatic carbocycles. The minimum atomic E-state index is -0.193. The molecule has 4 heteroatoms. The zero-order valence-corrected chi connectivity index (χ0v) is 11.4. The van der Waals surface area contributed by atoms with Gasteiger partial charge in [0, 0.05) is 17.7 Å². The molecule has 0 aliphatic heterocycles. The van der Waals surface area contributed by atoms with Crippen LogP contribution in [-0.2, 0) is 12.0 Å². The van der Waals surface area contributed by atoms with Crippen LogP contribution in [0, 0.1) is 11.3 Å². The van der Waals surface area contributed by atoms with Gasteiger partial charge in [-0.2, -0.15) is 5.26 Å². The van der Waals surface area contributed by atoms with Gasteiger partial charge in [-0.25, -0.2) is 0 Å². The number of hydrogen-bond acceptors (Lipinski definition) is 3. The van der Waals surface area contributed by atoms with E-state index in [4.69, 9.17) is 11.0 Å². The molecule has 1 aromatic heterocycles. The summed E-state index contributed by atoms with van der Waals surface area (Å²) < 4.78 is 1.72. The van der Waals surface area contributed by atoms with E-state index < -0.39 is 0 Å². The SMILES string of the molecule is CC(C)(C)c1ccc(C#N)c(=O)n1CCCCN. The van der Waals surface area contributed by atoms with Gasteiger partial charge in [0.25, 0.3) is 5.56 Å². The van der Waals surface area contributed by atoms with E-state index in [9.17, 15) is 4.79 Å². The smallest absolute Gasteiger partial charge is 0.268 e. The van der Waals surface area contributed by atoms with Crippen molar-refractivity contribution in [3.8, 4) is 6.07 Å². The first-order valence-corrected chi connectivity index (χ1v) is 6.26. The molecule has 18 heavy (non-hydrogen) atoms. The van der Waals surface area contributed by atoms with Crippen LogP contribution in [0.4, 0.5) is 0 Å². The molecule has 0 amide bonds. The van der Waals surface area contributed by atoms with Crippen LogP contribution in [0.2, 0.25) is 0 Å². The largest absolute Gasteiger partial charge is 0.330 e. The normalized spacial score (nSPS) is 11.3. The van der Waals surface area contributed by atoms with Crippen molar-refractivity contribution in [3.63, 3.8) is 0 Å². The molecule has 0 spiro atoms. The molecule has 0 aliphatic rings. The molecule has 4 nitrogen and oxygen atoms in total. The van der Waals surface area contributed by atoms with Crippen molar-refractivity contribution in [2.45, 2.75) is 45.6 Å². The Morgan fingerprint density at radius 1 is 1.33 bits per heavy atom. The fourth-order valence-electron chi connectivity index (χ4n) is 1.95. The average Bonchev–Trinajstić information content (AvgIpc) is 2.29. The molecule has 0 saturated carbocycles. The highest BCUT2D eigenvalue weighted by Gasteiger charge is 2.19. The first-order valence-electron chi connectivity index (χ1n) is 6.26. The van der Waals surface area contributed by atoms with E-state index in [0.717, 1.165) is 18.5 Å². The molecule has 2 N–H and O–H groups in total. The van der Waals surface area contributed by atoms with Crippen molar-refractivity contribution in [1.29, 1.82) is 5.26 Å². The first kappa shape index (κ1) is 14.5. The third-order valence-electron chi connectivity index (χ3n) is 2.90. The van der Waals surface area contributed by atoms with Gasteiger partial charge in [0.2, 0.25) is 0 Å². The van der Waals surface area contributed by atoms with Gasteiger partial charge in [-0.1, -0.05) is 20.8 Å². The second kappa shape index (κ2) is 5.83. The number of rotatable bonds is 4. The lowest BCUT2D eigenvalue weighted by Crippen LogP contribution is -2.31. The second-order valence-corrected chi connectivity index (χ2v) is 5.45. The van der Waals surface area contributed by atoms with E-state index in [0.29, 0.717) is 13.1 Å². The van der Waals surface area contributed by atoms with Crippen LogP contribution >= 0.6 is 0 Å². The Kier molecular flexibility index (Phi) is 4.69. The van der Waals surface area contributed by atoms with E-state index >= 15 is 0 Å². The van der Waals surface area contributed by atoms with Gasteiger partial charge in [-0.15, -0.1) is 0 Å². The van der Waals surface area contributed by atoms with E-state index in [1.807, 2.05) is 12.1 Å². The van der Waals surface area contributed by atoms with E-state index in [1.165, 1.54) is 0 Å². The second-order valence-electron chi connectivity index (χ2n) is 5.45. The van der Waals surface area contributed by atoms with Gasteiger partial charge in [0.05, 0.1) is 0 Å². The summed E-state index contributed by atoms with van der Waals surface area (Å²) >= 11 is 0. The van der Waals surface area contributed by atoms with Crippen LogP contribution in [0.15, 0.2) is 16.9 Å².